The van der Waals surface area contributed by atoms with Crippen molar-refractivity contribution in [3.63, 3.8) is 0 Å². The van der Waals surface area contributed by atoms with E-state index in [9.17, 15) is 18.4 Å². The topological polar surface area (TPSA) is 66.1 Å². The summed E-state index contributed by atoms with van der Waals surface area (Å²) in [5.74, 6) is 0.0175. The molecule has 0 amide bonds. The highest BCUT2D eigenvalue weighted by Gasteiger charge is 2.22. The number of hydrogen-bond donors (Lipinski definition) is 1. The molecule has 0 saturated carbocycles. The second-order valence-corrected chi connectivity index (χ2v) is 6.79. The number of aromatic nitrogens is 2. The number of alkyl halides is 2. The van der Waals surface area contributed by atoms with Gasteiger partial charge < -0.3 is 4.90 Å². The van der Waals surface area contributed by atoms with Crippen molar-refractivity contribution in [2.45, 2.75) is 32.6 Å². The number of anilines is 1. The first-order valence-electron chi connectivity index (χ1n) is 8.39. The molecule has 1 atom stereocenters. The van der Waals surface area contributed by atoms with Crippen LogP contribution in [0.3, 0.4) is 0 Å². The molecule has 0 spiro atoms. The summed E-state index contributed by atoms with van der Waals surface area (Å²) in [6.07, 6.45) is -2.37. The van der Waals surface area contributed by atoms with Crippen LogP contribution in [0.4, 0.5) is 14.7 Å². The molecule has 1 N–H and O–H groups in total. The average Bonchev–Trinajstić information content (AvgIpc) is 2.58. The number of benzene rings is 1. The molecule has 1 aromatic carbocycles. The van der Waals surface area contributed by atoms with E-state index in [1.165, 1.54) is 18.2 Å². The Balaban J connectivity index is 2.27. The molecule has 0 saturated heterocycles. The van der Waals surface area contributed by atoms with Gasteiger partial charge >= 0.3 is 0 Å². The Morgan fingerprint density at radius 3 is 2.23 bits per heavy atom. The number of carbonyl (C=O) groups excluding carboxylic acids is 1. The zero-order chi connectivity index (χ0) is 19.4. The fraction of sp³-hybridized carbons (Fsp3) is 0.421. The van der Waals surface area contributed by atoms with Crippen LogP contribution in [0, 0.1) is 5.92 Å². The number of halogens is 2. The van der Waals surface area contributed by atoms with Crippen LogP contribution in [0.2, 0.25) is 0 Å². The smallest absolute Gasteiger partial charge is 0.263 e. The SMILES string of the molecule is CC(C)[C@@H](CC(=O)c1cc(=O)[nH]c(N(C)C)n1)c1ccc(C(F)F)cc1. The molecule has 1 aromatic heterocycles. The number of hydrogen-bond acceptors (Lipinski definition) is 4. The first-order valence-corrected chi connectivity index (χ1v) is 8.39. The van der Waals surface area contributed by atoms with Crippen molar-refractivity contribution in [2.75, 3.05) is 19.0 Å². The van der Waals surface area contributed by atoms with Gasteiger partial charge in [-0.25, -0.2) is 13.8 Å². The number of carbonyl (C=O) groups is 1. The first-order chi connectivity index (χ1) is 12.2. The largest absolute Gasteiger partial charge is 0.348 e. The molecule has 26 heavy (non-hydrogen) atoms. The lowest BCUT2D eigenvalue weighted by atomic mass is 9.83. The summed E-state index contributed by atoms with van der Waals surface area (Å²) in [4.78, 5) is 32.8. The van der Waals surface area contributed by atoms with Crippen LogP contribution in [-0.4, -0.2) is 29.8 Å². The number of nitrogens with zero attached hydrogens (tertiary/aromatic N) is 2. The Bertz CT molecular complexity index is 814. The molecule has 0 fully saturated rings. The van der Waals surface area contributed by atoms with Crippen molar-refractivity contribution in [3.05, 3.63) is 57.5 Å². The Morgan fingerprint density at radius 2 is 1.73 bits per heavy atom. The molecule has 2 aromatic rings. The van der Waals surface area contributed by atoms with Crippen molar-refractivity contribution in [2.24, 2.45) is 5.92 Å². The van der Waals surface area contributed by atoms with Gasteiger partial charge in [0.1, 0.15) is 5.69 Å². The minimum absolute atomic E-state index is 0.0468. The highest BCUT2D eigenvalue weighted by atomic mass is 19.3. The molecule has 7 heteroatoms. The van der Waals surface area contributed by atoms with Gasteiger partial charge in [-0.15, -0.1) is 0 Å². The predicted octanol–water partition coefficient (Wildman–Crippen LogP) is 3.79. The third-order valence-electron chi connectivity index (χ3n) is 4.27. The van der Waals surface area contributed by atoms with Crippen molar-refractivity contribution in [1.29, 1.82) is 0 Å². The maximum atomic E-state index is 12.7. The number of Topliss-reactive ketones (excluding diaryl/α,β-unsaturated/α-hetero) is 1. The molecule has 0 unspecified atom stereocenters. The maximum absolute atomic E-state index is 12.7. The fourth-order valence-corrected chi connectivity index (χ4v) is 2.73. The summed E-state index contributed by atoms with van der Waals surface area (Å²) in [5, 5.41) is 0. The number of nitrogens with one attached hydrogen (secondary N) is 1. The third-order valence-corrected chi connectivity index (χ3v) is 4.27. The number of H-pyrrole nitrogens is 1. The lowest BCUT2D eigenvalue weighted by Crippen LogP contribution is -2.22. The number of aromatic amines is 1. The zero-order valence-electron chi connectivity index (χ0n) is 15.3. The molecule has 2 rings (SSSR count). The standard InChI is InChI=1S/C19H23F2N3O2/c1-11(2)14(12-5-7-13(8-6-12)18(20)21)9-16(25)15-10-17(26)23-19(22-15)24(3)4/h5-8,10-11,14,18H,9H2,1-4H3,(H,22,23,26)/t14-/m1/s1. The maximum Gasteiger partial charge on any atom is 0.263 e. The van der Waals surface area contributed by atoms with Crippen LogP contribution >= 0.6 is 0 Å². The van der Waals surface area contributed by atoms with Gasteiger partial charge in [0, 0.05) is 32.1 Å². The average molecular weight is 363 g/mol. The van der Waals surface area contributed by atoms with Gasteiger partial charge in [-0.1, -0.05) is 38.1 Å². The van der Waals surface area contributed by atoms with Crippen LogP contribution in [0.5, 0.6) is 0 Å². The van der Waals surface area contributed by atoms with Crippen LogP contribution < -0.4 is 10.5 Å². The van der Waals surface area contributed by atoms with E-state index in [1.807, 2.05) is 13.8 Å². The summed E-state index contributed by atoms with van der Waals surface area (Å²) in [7, 11) is 3.43. The van der Waals surface area contributed by atoms with Crippen molar-refractivity contribution in [1.82, 2.24) is 9.97 Å². The van der Waals surface area contributed by atoms with E-state index in [2.05, 4.69) is 9.97 Å². The highest BCUT2D eigenvalue weighted by Crippen LogP contribution is 2.30. The van der Waals surface area contributed by atoms with Crippen LogP contribution in [0.15, 0.2) is 35.1 Å². The Labute approximate surface area is 151 Å². The quantitative estimate of drug-likeness (QED) is 0.760. The summed E-state index contributed by atoms with van der Waals surface area (Å²) >= 11 is 0. The van der Waals surface area contributed by atoms with Crippen molar-refractivity contribution in [3.8, 4) is 0 Å². The van der Waals surface area contributed by atoms with Crippen molar-refractivity contribution < 1.29 is 13.6 Å². The molecule has 1 heterocycles. The molecular formula is C19H23F2N3O2. The Morgan fingerprint density at radius 1 is 1.15 bits per heavy atom. The van der Waals surface area contributed by atoms with Gasteiger partial charge in [0.15, 0.2) is 5.78 Å². The van der Waals surface area contributed by atoms with E-state index in [1.54, 1.807) is 31.1 Å². The highest BCUT2D eigenvalue weighted by molar-refractivity contribution is 5.94. The number of rotatable bonds is 7. The fourth-order valence-electron chi connectivity index (χ4n) is 2.73. The van der Waals surface area contributed by atoms with Crippen molar-refractivity contribution >= 4 is 11.7 Å². The molecule has 5 nitrogen and oxygen atoms in total. The van der Waals surface area contributed by atoms with E-state index >= 15 is 0 Å². The molecule has 0 radical (unpaired) electrons. The van der Waals surface area contributed by atoms with E-state index in [-0.39, 0.29) is 35.3 Å². The van der Waals surface area contributed by atoms with Crippen LogP contribution in [0.1, 0.15) is 54.2 Å². The normalized spacial score (nSPS) is 12.5. The summed E-state index contributed by atoms with van der Waals surface area (Å²) in [6, 6.07) is 7.23. The minimum atomic E-state index is -2.52. The molecule has 0 bridgehead atoms. The zero-order valence-corrected chi connectivity index (χ0v) is 15.3. The minimum Gasteiger partial charge on any atom is -0.348 e. The summed E-state index contributed by atoms with van der Waals surface area (Å²) in [5.41, 5.74) is 0.478. The summed E-state index contributed by atoms with van der Waals surface area (Å²) in [6.45, 7) is 3.94. The lowest BCUT2D eigenvalue weighted by molar-refractivity contribution is 0.0961. The second-order valence-electron chi connectivity index (χ2n) is 6.79. The number of ketones is 1. The monoisotopic (exact) mass is 363 g/mol. The molecule has 0 aliphatic carbocycles. The molecule has 0 aliphatic heterocycles. The van der Waals surface area contributed by atoms with Gasteiger partial charge in [0.2, 0.25) is 5.95 Å². The second kappa shape index (κ2) is 8.21. The Kier molecular flexibility index (Phi) is 6.23. The van der Waals surface area contributed by atoms with Crippen LogP contribution in [0.25, 0.3) is 0 Å². The molecule has 140 valence electrons. The molecular weight excluding hydrogens is 340 g/mol. The van der Waals surface area contributed by atoms with Gasteiger partial charge in [-0.2, -0.15) is 0 Å². The molecule has 0 aliphatic rings. The predicted molar refractivity (Wildman–Crippen MR) is 97.1 cm³/mol. The van der Waals surface area contributed by atoms with Gasteiger partial charge in [0.05, 0.1) is 0 Å². The summed E-state index contributed by atoms with van der Waals surface area (Å²) < 4.78 is 25.5. The first kappa shape index (κ1) is 19.8. The van der Waals surface area contributed by atoms with E-state index in [0.29, 0.717) is 5.95 Å². The van der Waals surface area contributed by atoms with Gasteiger partial charge in [-0.3, -0.25) is 14.6 Å². The van der Waals surface area contributed by atoms with Crippen LogP contribution in [-0.2, 0) is 0 Å². The third kappa shape index (κ3) is 4.74. The lowest BCUT2D eigenvalue weighted by Gasteiger charge is -2.21. The van der Waals surface area contributed by atoms with Gasteiger partial charge in [-0.05, 0) is 17.4 Å². The van der Waals surface area contributed by atoms with E-state index in [0.717, 1.165) is 5.56 Å². The van der Waals surface area contributed by atoms with E-state index in [4.69, 9.17) is 0 Å². The Hall–Kier alpha value is -2.57. The van der Waals surface area contributed by atoms with Gasteiger partial charge in [0.25, 0.3) is 12.0 Å². The van der Waals surface area contributed by atoms with E-state index < -0.39 is 12.0 Å².